The van der Waals surface area contributed by atoms with Crippen LogP contribution in [0, 0.1) is 0 Å². The van der Waals surface area contributed by atoms with E-state index in [-0.39, 0.29) is 24.3 Å². The number of fused-ring (bicyclic) bond motifs is 1. The lowest BCUT2D eigenvalue weighted by atomic mass is 10.2. The van der Waals surface area contributed by atoms with Crippen LogP contribution in [0.25, 0.3) is 16.6 Å². The van der Waals surface area contributed by atoms with Gasteiger partial charge in [0, 0.05) is 18.0 Å². The maximum Gasteiger partial charge on any atom is 0.357 e. The van der Waals surface area contributed by atoms with Gasteiger partial charge in [-0.2, -0.15) is 0 Å². The van der Waals surface area contributed by atoms with Crippen molar-refractivity contribution in [2.24, 2.45) is 0 Å². The average molecular weight is 487 g/mol. The normalized spacial score (nSPS) is 10.9. The summed E-state index contributed by atoms with van der Waals surface area (Å²) in [5.41, 5.74) is 3.11. The molecule has 1 amide bonds. The van der Waals surface area contributed by atoms with Gasteiger partial charge < -0.3 is 24.1 Å². The van der Waals surface area contributed by atoms with Gasteiger partial charge in [-0.15, -0.1) is 0 Å². The molecule has 1 aromatic heterocycles. The molecule has 0 radical (unpaired) electrons. The molecule has 4 aromatic rings. The standard InChI is InChI=1S/C29H30N2O5/c1-5-34-29(33)28-27(30-20(4)32)25-17-24(35-18-21-9-7-6-8-10-21)15-16-26(25)31(28)22-11-13-23(14-12-22)36-19(2)3/h6-17,19H,5,18H2,1-4H3,(H,30,32). The minimum Gasteiger partial charge on any atom is -0.491 e. The van der Waals surface area contributed by atoms with Crippen LogP contribution in [0.2, 0.25) is 0 Å². The van der Waals surface area contributed by atoms with Crippen molar-refractivity contribution in [3.05, 3.63) is 84.1 Å². The van der Waals surface area contributed by atoms with Gasteiger partial charge in [-0.25, -0.2) is 4.79 Å². The highest BCUT2D eigenvalue weighted by Gasteiger charge is 2.26. The van der Waals surface area contributed by atoms with Crippen molar-refractivity contribution >= 4 is 28.5 Å². The van der Waals surface area contributed by atoms with Crippen LogP contribution in [-0.2, 0) is 16.1 Å². The van der Waals surface area contributed by atoms with Crippen LogP contribution in [0.3, 0.4) is 0 Å². The third-order valence-electron chi connectivity index (χ3n) is 5.42. The van der Waals surface area contributed by atoms with Gasteiger partial charge in [-0.1, -0.05) is 30.3 Å². The summed E-state index contributed by atoms with van der Waals surface area (Å²) in [7, 11) is 0. The molecule has 0 fully saturated rings. The lowest BCUT2D eigenvalue weighted by molar-refractivity contribution is -0.114. The fourth-order valence-corrected chi connectivity index (χ4v) is 4.01. The van der Waals surface area contributed by atoms with Gasteiger partial charge in [0.05, 0.1) is 23.9 Å². The summed E-state index contributed by atoms with van der Waals surface area (Å²) in [6, 6.07) is 22.9. The van der Waals surface area contributed by atoms with Crippen LogP contribution >= 0.6 is 0 Å². The molecule has 4 rings (SSSR count). The predicted molar refractivity (Wildman–Crippen MR) is 140 cm³/mol. The fourth-order valence-electron chi connectivity index (χ4n) is 4.01. The second-order valence-electron chi connectivity index (χ2n) is 8.57. The number of carbonyl (C=O) groups excluding carboxylic acids is 2. The summed E-state index contributed by atoms with van der Waals surface area (Å²) < 4.78 is 19.0. The Labute approximate surface area is 210 Å². The van der Waals surface area contributed by atoms with Crippen LogP contribution in [-0.4, -0.2) is 29.2 Å². The smallest absolute Gasteiger partial charge is 0.357 e. The van der Waals surface area contributed by atoms with Gasteiger partial charge in [0.2, 0.25) is 5.91 Å². The van der Waals surface area contributed by atoms with Gasteiger partial charge in [0.1, 0.15) is 18.1 Å². The molecular formula is C29H30N2O5. The number of ether oxygens (including phenoxy) is 3. The van der Waals surface area contributed by atoms with Gasteiger partial charge in [0.25, 0.3) is 0 Å². The number of rotatable bonds is 9. The summed E-state index contributed by atoms with van der Waals surface area (Å²) in [4.78, 5) is 25.3. The number of hydrogen-bond donors (Lipinski definition) is 1. The van der Waals surface area contributed by atoms with Crippen molar-refractivity contribution in [3.63, 3.8) is 0 Å². The molecule has 0 saturated heterocycles. The van der Waals surface area contributed by atoms with Gasteiger partial charge in [-0.05, 0) is 68.8 Å². The number of carbonyl (C=O) groups is 2. The van der Waals surface area contributed by atoms with Gasteiger partial charge in [0.15, 0.2) is 5.69 Å². The Kier molecular flexibility index (Phi) is 7.59. The Balaban J connectivity index is 1.84. The quantitative estimate of drug-likeness (QED) is 0.288. The van der Waals surface area contributed by atoms with Crippen LogP contribution in [0.5, 0.6) is 11.5 Å². The Morgan fingerprint density at radius 2 is 1.64 bits per heavy atom. The lowest BCUT2D eigenvalue weighted by Gasteiger charge is -2.14. The highest BCUT2D eigenvalue weighted by atomic mass is 16.5. The van der Waals surface area contributed by atoms with Crippen LogP contribution in [0.15, 0.2) is 72.8 Å². The zero-order valence-corrected chi connectivity index (χ0v) is 20.9. The number of esters is 1. The number of nitrogens with zero attached hydrogens (tertiary/aromatic N) is 1. The summed E-state index contributed by atoms with van der Waals surface area (Å²) in [5, 5.41) is 3.51. The topological polar surface area (TPSA) is 78.8 Å². The first-order valence-electron chi connectivity index (χ1n) is 11.9. The maximum atomic E-state index is 13.2. The molecule has 0 spiro atoms. The molecule has 0 saturated carbocycles. The molecule has 0 bridgehead atoms. The minimum atomic E-state index is -0.535. The Hall–Kier alpha value is -4.26. The summed E-state index contributed by atoms with van der Waals surface area (Å²) >= 11 is 0. The molecule has 0 atom stereocenters. The summed E-state index contributed by atoms with van der Waals surface area (Å²) in [6.45, 7) is 7.67. The van der Waals surface area contributed by atoms with Crippen molar-refractivity contribution in [1.82, 2.24) is 4.57 Å². The monoisotopic (exact) mass is 486 g/mol. The van der Waals surface area contributed by atoms with Crippen molar-refractivity contribution in [1.29, 1.82) is 0 Å². The Morgan fingerprint density at radius 1 is 0.944 bits per heavy atom. The van der Waals surface area contributed by atoms with Gasteiger partial charge >= 0.3 is 5.97 Å². The Morgan fingerprint density at radius 3 is 2.28 bits per heavy atom. The molecular weight excluding hydrogens is 456 g/mol. The summed E-state index contributed by atoms with van der Waals surface area (Å²) in [5.74, 6) is 0.510. The molecule has 7 heteroatoms. The van der Waals surface area contributed by atoms with Crippen LogP contribution < -0.4 is 14.8 Å². The predicted octanol–water partition coefficient (Wildman–Crippen LogP) is 6.13. The molecule has 0 unspecified atom stereocenters. The number of aromatic nitrogens is 1. The minimum absolute atomic E-state index is 0.0408. The van der Waals surface area contributed by atoms with Gasteiger partial charge in [-0.3, -0.25) is 4.79 Å². The zero-order valence-electron chi connectivity index (χ0n) is 20.9. The van der Waals surface area contributed by atoms with E-state index in [1.165, 1.54) is 6.92 Å². The van der Waals surface area contributed by atoms with E-state index in [0.717, 1.165) is 22.5 Å². The SMILES string of the molecule is CCOC(=O)c1c(NC(C)=O)c2cc(OCc3ccccc3)ccc2n1-c1ccc(OC(C)C)cc1. The molecule has 0 aliphatic heterocycles. The number of anilines is 1. The van der Waals surface area contributed by atoms with E-state index in [4.69, 9.17) is 14.2 Å². The largest absolute Gasteiger partial charge is 0.491 e. The third kappa shape index (κ3) is 5.51. The van der Waals surface area contributed by atoms with E-state index < -0.39 is 5.97 Å². The zero-order chi connectivity index (χ0) is 25.7. The molecule has 1 heterocycles. The maximum absolute atomic E-state index is 13.2. The number of hydrogen-bond acceptors (Lipinski definition) is 5. The Bertz CT molecular complexity index is 1360. The second kappa shape index (κ2) is 11.0. The van der Waals surface area contributed by atoms with Crippen molar-refractivity contribution in [2.45, 2.75) is 40.4 Å². The number of nitrogens with one attached hydrogen (secondary N) is 1. The first-order chi connectivity index (χ1) is 17.4. The highest BCUT2D eigenvalue weighted by Crippen LogP contribution is 2.37. The summed E-state index contributed by atoms with van der Waals surface area (Å²) in [6.07, 6.45) is 0.0408. The molecule has 186 valence electrons. The molecule has 0 aliphatic carbocycles. The van der Waals surface area contributed by atoms with E-state index in [9.17, 15) is 9.59 Å². The fraction of sp³-hybridized carbons (Fsp3) is 0.241. The van der Waals surface area contributed by atoms with E-state index in [2.05, 4.69) is 5.32 Å². The van der Waals surface area contributed by atoms with Crippen LogP contribution in [0.4, 0.5) is 5.69 Å². The number of benzene rings is 3. The van der Waals surface area contributed by atoms with Crippen molar-refractivity contribution < 1.29 is 23.8 Å². The molecule has 0 aliphatic rings. The highest BCUT2D eigenvalue weighted by molar-refractivity contribution is 6.12. The average Bonchev–Trinajstić information content (AvgIpc) is 3.16. The first kappa shape index (κ1) is 24.9. The van der Waals surface area contributed by atoms with E-state index in [1.54, 1.807) is 11.5 Å². The molecule has 1 N–H and O–H groups in total. The van der Waals surface area contributed by atoms with Crippen LogP contribution in [0.1, 0.15) is 43.7 Å². The van der Waals surface area contributed by atoms with Crippen molar-refractivity contribution in [2.75, 3.05) is 11.9 Å². The molecule has 7 nitrogen and oxygen atoms in total. The number of amides is 1. The lowest BCUT2D eigenvalue weighted by Crippen LogP contribution is -2.15. The molecule has 3 aromatic carbocycles. The molecule has 36 heavy (non-hydrogen) atoms. The second-order valence-corrected chi connectivity index (χ2v) is 8.57. The first-order valence-corrected chi connectivity index (χ1v) is 11.9. The van der Waals surface area contributed by atoms with E-state index in [1.807, 2.05) is 86.6 Å². The third-order valence-corrected chi connectivity index (χ3v) is 5.42. The van der Waals surface area contributed by atoms with E-state index in [0.29, 0.717) is 23.4 Å². The van der Waals surface area contributed by atoms with E-state index >= 15 is 0 Å². The van der Waals surface area contributed by atoms with Crippen molar-refractivity contribution in [3.8, 4) is 17.2 Å².